The molecule has 2 N–H and O–H groups in total. The van der Waals surface area contributed by atoms with E-state index >= 15 is 0 Å². The third-order valence-electron chi connectivity index (χ3n) is 3.15. The van der Waals surface area contributed by atoms with Gasteiger partial charge in [0.1, 0.15) is 6.04 Å². The minimum Gasteiger partial charge on any atom is -0.480 e. The maximum absolute atomic E-state index is 12.4. The van der Waals surface area contributed by atoms with E-state index in [1.807, 2.05) is 6.92 Å². The molecule has 0 amide bonds. The van der Waals surface area contributed by atoms with Gasteiger partial charge in [0.25, 0.3) is 0 Å². The number of β-amino-alcohol motifs (C(OH)–C–C–N with tert-alkyl or cyclic N) is 1. The lowest BCUT2D eigenvalue weighted by Crippen LogP contribution is -2.40. The molecular weight excluding hydrogens is 270 g/mol. The Balaban J connectivity index is 2.38. The minimum atomic E-state index is -3.89. The summed E-state index contributed by atoms with van der Waals surface area (Å²) in [4.78, 5) is 11.1. The first-order valence-electron chi connectivity index (χ1n) is 5.82. The number of carboxylic acids is 1. The Morgan fingerprint density at radius 2 is 1.89 bits per heavy atom. The van der Waals surface area contributed by atoms with Crippen molar-refractivity contribution in [3.63, 3.8) is 0 Å². The smallest absolute Gasteiger partial charge is 0.322 e. The van der Waals surface area contributed by atoms with Crippen LogP contribution >= 0.6 is 0 Å². The standard InChI is InChI=1S/C12H15NO5S/c1-8-2-4-10(5-3-8)19(17,18)13-7-9(14)6-11(13)12(15)16/h2-5,9,11,14H,6-7H2,1H3,(H,15,16)/t9-,11?/m1/s1. The van der Waals surface area contributed by atoms with Crippen LogP contribution in [0.25, 0.3) is 0 Å². The van der Waals surface area contributed by atoms with Gasteiger partial charge in [0, 0.05) is 13.0 Å². The van der Waals surface area contributed by atoms with Crippen LogP contribution in [0.5, 0.6) is 0 Å². The van der Waals surface area contributed by atoms with Gasteiger partial charge in [-0.25, -0.2) is 8.42 Å². The SMILES string of the molecule is Cc1ccc(S(=O)(=O)N2C[C@H](O)CC2C(=O)O)cc1. The summed E-state index contributed by atoms with van der Waals surface area (Å²) < 4.78 is 25.6. The normalized spacial score (nSPS) is 24.5. The molecule has 1 aliphatic heterocycles. The second kappa shape index (κ2) is 4.92. The Bertz CT molecular complexity index is 581. The molecule has 6 nitrogen and oxygen atoms in total. The first kappa shape index (κ1) is 14.0. The Labute approximate surface area is 111 Å². The van der Waals surface area contributed by atoms with Gasteiger partial charge in [-0.05, 0) is 19.1 Å². The van der Waals surface area contributed by atoms with Gasteiger partial charge in [0.05, 0.1) is 11.0 Å². The van der Waals surface area contributed by atoms with Crippen molar-refractivity contribution in [2.45, 2.75) is 30.4 Å². The molecule has 19 heavy (non-hydrogen) atoms. The first-order chi connectivity index (χ1) is 8.82. The summed E-state index contributed by atoms with van der Waals surface area (Å²) in [7, 11) is -3.89. The van der Waals surface area contributed by atoms with Gasteiger partial charge in [0.15, 0.2) is 0 Å². The van der Waals surface area contributed by atoms with Crippen molar-refractivity contribution in [3.05, 3.63) is 29.8 Å². The summed E-state index contributed by atoms with van der Waals surface area (Å²) in [5.74, 6) is -1.24. The number of aliphatic carboxylic acids is 1. The molecule has 0 bridgehead atoms. The van der Waals surface area contributed by atoms with Crippen molar-refractivity contribution in [3.8, 4) is 0 Å². The van der Waals surface area contributed by atoms with Crippen LogP contribution in [0.2, 0.25) is 0 Å². The maximum Gasteiger partial charge on any atom is 0.322 e. The van der Waals surface area contributed by atoms with E-state index in [1.54, 1.807) is 12.1 Å². The van der Waals surface area contributed by atoms with Gasteiger partial charge in [-0.3, -0.25) is 4.79 Å². The number of aryl methyl sites for hydroxylation is 1. The number of aliphatic hydroxyl groups excluding tert-OH is 1. The van der Waals surface area contributed by atoms with E-state index in [1.165, 1.54) is 12.1 Å². The summed E-state index contributed by atoms with van der Waals surface area (Å²) in [6.45, 7) is 1.64. The highest BCUT2D eigenvalue weighted by Gasteiger charge is 2.43. The van der Waals surface area contributed by atoms with Crippen molar-refractivity contribution >= 4 is 16.0 Å². The topological polar surface area (TPSA) is 94.9 Å². The number of rotatable bonds is 3. The predicted octanol–water partition coefficient (Wildman–Crippen LogP) is 0.204. The number of carbonyl (C=O) groups is 1. The summed E-state index contributed by atoms with van der Waals surface area (Å²) >= 11 is 0. The molecule has 0 spiro atoms. The van der Waals surface area contributed by atoms with Gasteiger partial charge >= 0.3 is 5.97 Å². The molecule has 0 saturated carbocycles. The summed E-state index contributed by atoms with van der Waals surface area (Å²) in [5.41, 5.74) is 0.912. The summed E-state index contributed by atoms with van der Waals surface area (Å²) in [5, 5.41) is 18.5. The van der Waals surface area contributed by atoms with E-state index in [9.17, 15) is 18.3 Å². The molecular formula is C12H15NO5S. The Hall–Kier alpha value is -1.44. The average Bonchev–Trinajstić information content (AvgIpc) is 2.73. The average molecular weight is 285 g/mol. The summed E-state index contributed by atoms with van der Waals surface area (Å²) in [6.07, 6.45) is -1.03. The fourth-order valence-corrected chi connectivity index (χ4v) is 3.75. The van der Waals surface area contributed by atoms with Gasteiger partial charge < -0.3 is 10.2 Å². The quantitative estimate of drug-likeness (QED) is 0.827. The number of hydrogen-bond donors (Lipinski definition) is 2. The highest BCUT2D eigenvalue weighted by molar-refractivity contribution is 7.89. The zero-order chi connectivity index (χ0) is 14.2. The van der Waals surface area contributed by atoms with Gasteiger partial charge in [0.2, 0.25) is 10.0 Å². The Kier molecular flexibility index (Phi) is 3.62. The van der Waals surface area contributed by atoms with E-state index in [4.69, 9.17) is 5.11 Å². The molecule has 1 aliphatic rings. The van der Waals surface area contributed by atoms with E-state index in [0.29, 0.717) is 0 Å². The van der Waals surface area contributed by atoms with Crippen LogP contribution in [0.15, 0.2) is 29.2 Å². The molecule has 0 aliphatic carbocycles. The van der Waals surface area contributed by atoms with E-state index < -0.39 is 28.1 Å². The van der Waals surface area contributed by atoms with Crippen LogP contribution in [0, 0.1) is 6.92 Å². The first-order valence-corrected chi connectivity index (χ1v) is 7.26. The van der Waals surface area contributed by atoms with E-state index in [-0.39, 0.29) is 17.9 Å². The molecule has 7 heteroatoms. The van der Waals surface area contributed by atoms with E-state index in [2.05, 4.69) is 0 Å². The third-order valence-corrected chi connectivity index (χ3v) is 5.04. The van der Waals surface area contributed by atoms with Crippen LogP contribution in [0.1, 0.15) is 12.0 Å². The molecule has 2 rings (SSSR count). The molecule has 1 unspecified atom stereocenters. The third kappa shape index (κ3) is 2.63. The van der Waals surface area contributed by atoms with Crippen molar-refractivity contribution < 1.29 is 23.4 Å². The fourth-order valence-electron chi connectivity index (χ4n) is 2.12. The second-order valence-corrected chi connectivity index (χ2v) is 6.52. The van der Waals surface area contributed by atoms with E-state index in [0.717, 1.165) is 9.87 Å². The highest BCUT2D eigenvalue weighted by atomic mass is 32.2. The van der Waals surface area contributed by atoms with Gasteiger partial charge in [-0.15, -0.1) is 0 Å². The predicted molar refractivity (Wildman–Crippen MR) is 67.1 cm³/mol. The minimum absolute atomic E-state index is 0.0402. The van der Waals surface area contributed by atoms with Crippen LogP contribution in [0.4, 0.5) is 0 Å². The van der Waals surface area contributed by atoms with Crippen molar-refractivity contribution in [1.29, 1.82) is 0 Å². The van der Waals surface area contributed by atoms with Gasteiger partial charge in [-0.2, -0.15) is 4.31 Å². The van der Waals surface area contributed by atoms with Gasteiger partial charge in [-0.1, -0.05) is 17.7 Å². The number of nitrogens with zero attached hydrogens (tertiary/aromatic N) is 1. The lowest BCUT2D eigenvalue weighted by molar-refractivity contribution is -0.140. The number of sulfonamides is 1. The molecule has 1 aromatic carbocycles. The maximum atomic E-state index is 12.4. The zero-order valence-corrected chi connectivity index (χ0v) is 11.2. The lowest BCUT2D eigenvalue weighted by Gasteiger charge is -2.20. The summed E-state index contributed by atoms with van der Waals surface area (Å²) in [6, 6.07) is 4.97. The van der Waals surface area contributed by atoms with Crippen LogP contribution in [-0.4, -0.2) is 47.6 Å². The number of aliphatic hydroxyl groups is 1. The molecule has 1 aromatic rings. The highest BCUT2D eigenvalue weighted by Crippen LogP contribution is 2.26. The van der Waals surface area contributed by atoms with Crippen molar-refractivity contribution in [2.24, 2.45) is 0 Å². The lowest BCUT2D eigenvalue weighted by atomic mass is 10.2. The molecule has 1 heterocycles. The largest absolute Gasteiger partial charge is 0.480 e. The van der Waals surface area contributed by atoms with Crippen LogP contribution in [-0.2, 0) is 14.8 Å². The molecule has 1 saturated heterocycles. The fraction of sp³-hybridized carbons (Fsp3) is 0.417. The number of hydrogen-bond acceptors (Lipinski definition) is 4. The zero-order valence-electron chi connectivity index (χ0n) is 10.4. The Morgan fingerprint density at radius 1 is 1.32 bits per heavy atom. The van der Waals surface area contributed by atoms with Crippen molar-refractivity contribution in [2.75, 3.05) is 6.54 Å². The monoisotopic (exact) mass is 285 g/mol. The molecule has 0 aromatic heterocycles. The number of benzene rings is 1. The van der Waals surface area contributed by atoms with Crippen LogP contribution in [0.3, 0.4) is 0 Å². The Morgan fingerprint density at radius 3 is 2.42 bits per heavy atom. The van der Waals surface area contributed by atoms with Crippen LogP contribution < -0.4 is 0 Å². The van der Waals surface area contributed by atoms with Crippen molar-refractivity contribution in [1.82, 2.24) is 4.31 Å². The molecule has 0 radical (unpaired) electrons. The number of carboxylic acid groups (broad SMARTS) is 1. The second-order valence-electron chi connectivity index (χ2n) is 4.63. The molecule has 2 atom stereocenters. The molecule has 1 fully saturated rings. The molecule has 104 valence electrons.